The van der Waals surface area contributed by atoms with Gasteiger partial charge in [0.2, 0.25) is 0 Å². The molecule has 0 aromatic carbocycles. The lowest BCUT2D eigenvalue weighted by atomic mass is 10.1. The van der Waals surface area contributed by atoms with E-state index in [1.54, 1.807) is 0 Å². The van der Waals surface area contributed by atoms with E-state index in [4.69, 9.17) is 11.6 Å². The molecule has 1 aliphatic heterocycles. The minimum absolute atomic E-state index is 0.461. The average Bonchev–Trinajstić information content (AvgIpc) is 2.58. The maximum atomic E-state index is 6.06. The molecule has 0 aromatic rings. The molecule has 2 fully saturated rings. The number of piperidine rings is 1. The molecule has 1 saturated carbocycles. The van der Waals surface area contributed by atoms with Crippen LogP contribution in [0.25, 0.3) is 0 Å². The molecule has 1 aliphatic carbocycles. The molecule has 0 amide bonds. The van der Waals surface area contributed by atoms with Gasteiger partial charge in [0, 0.05) is 11.4 Å². The summed E-state index contributed by atoms with van der Waals surface area (Å²) < 4.78 is 0. The summed E-state index contributed by atoms with van der Waals surface area (Å²) in [5, 5.41) is 0.461. The summed E-state index contributed by atoms with van der Waals surface area (Å²) >= 11 is 6.06. The van der Waals surface area contributed by atoms with Gasteiger partial charge < -0.3 is 4.90 Å². The maximum absolute atomic E-state index is 6.06. The van der Waals surface area contributed by atoms with Crippen molar-refractivity contribution in [2.45, 2.75) is 49.9 Å². The molecular formula is C10H18ClN. The predicted octanol–water partition coefficient (Wildman–Crippen LogP) is 2.63. The molecule has 0 atom stereocenters. The van der Waals surface area contributed by atoms with Gasteiger partial charge in [0.15, 0.2) is 0 Å². The monoisotopic (exact) mass is 187 g/mol. The van der Waals surface area contributed by atoms with Gasteiger partial charge in [-0.3, -0.25) is 0 Å². The minimum atomic E-state index is 0.461. The minimum Gasteiger partial charge on any atom is -0.300 e. The molecule has 12 heavy (non-hydrogen) atoms. The highest BCUT2D eigenvalue weighted by molar-refractivity contribution is 6.20. The maximum Gasteiger partial charge on any atom is 0.0360 e. The molecule has 0 spiro atoms. The molecule has 2 rings (SSSR count). The molecule has 0 radical (unpaired) electrons. The van der Waals surface area contributed by atoms with Gasteiger partial charge in [-0.15, -0.1) is 11.6 Å². The number of alkyl halides is 1. The largest absolute Gasteiger partial charge is 0.300 e. The highest BCUT2D eigenvalue weighted by Gasteiger charge is 2.25. The Labute approximate surface area is 80.1 Å². The Kier molecular flexibility index (Phi) is 2.92. The van der Waals surface area contributed by atoms with E-state index in [-0.39, 0.29) is 0 Å². The van der Waals surface area contributed by atoms with Crippen molar-refractivity contribution in [2.75, 3.05) is 13.1 Å². The van der Waals surface area contributed by atoms with Crippen molar-refractivity contribution in [1.29, 1.82) is 0 Å². The molecule has 2 aliphatic rings. The van der Waals surface area contributed by atoms with Crippen molar-refractivity contribution in [3.63, 3.8) is 0 Å². The second kappa shape index (κ2) is 3.97. The van der Waals surface area contributed by atoms with Gasteiger partial charge in [0.05, 0.1) is 0 Å². The summed E-state index contributed by atoms with van der Waals surface area (Å²) in [5.41, 5.74) is 0. The van der Waals surface area contributed by atoms with Crippen LogP contribution in [0.2, 0.25) is 0 Å². The molecule has 1 saturated heterocycles. The Balaban J connectivity index is 1.80. The Bertz CT molecular complexity index is 135. The molecular weight excluding hydrogens is 170 g/mol. The second-order valence-electron chi connectivity index (χ2n) is 4.15. The lowest BCUT2D eigenvalue weighted by Crippen LogP contribution is -2.40. The Morgan fingerprint density at radius 3 is 2.08 bits per heavy atom. The third-order valence-electron chi connectivity index (χ3n) is 3.30. The molecule has 0 bridgehead atoms. The zero-order valence-electron chi connectivity index (χ0n) is 7.64. The molecule has 1 heterocycles. The van der Waals surface area contributed by atoms with Gasteiger partial charge in [-0.25, -0.2) is 0 Å². The second-order valence-corrected chi connectivity index (χ2v) is 4.77. The van der Waals surface area contributed by atoms with E-state index in [0.717, 1.165) is 6.04 Å². The molecule has 0 aromatic heterocycles. The topological polar surface area (TPSA) is 3.24 Å². The fourth-order valence-corrected chi connectivity index (χ4v) is 2.70. The average molecular weight is 188 g/mol. The van der Waals surface area contributed by atoms with Crippen LogP contribution in [0.5, 0.6) is 0 Å². The number of likely N-dealkylation sites (tertiary alicyclic amines) is 1. The Morgan fingerprint density at radius 2 is 1.50 bits per heavy atom. The lowest BCUT2D eigenvalue weighted by molar-refractivity contribution is 0.167. The zero-order chi connectivity index (χ0) is 8.39. The van der Waals surface area contributed by atoms with Crippen molar-refractivity contribution >= 4 is 11.6 Å². The molecule has 1 nitrogen and oxygen atoms in total. The quantitative estimate of drug-likeness (QED) is 0.571. The standard InChI is InChI=1S/C10H18ClN/c11-9-5-7-12(8-6-9)10-3-1-2-4-10/h9-10H,1-8H2. The molecule has 0 unspecified atom stereocenters. The first-order valence-electron chi connectivity index (χ1n) is 5.24. The summed E-state index contributed by atoms with van der Waals surface area (Å²) in [6.07, 6.45) is 8.19. The fraction of sp³-hybridized carbons (Fsp3) is 1.00. The van der Waals surface area contributed by atoms with E-state index < -0.39 is 0 Å². The van der Waals surface area contributed by atoms with E-state index in [2.05, 4.69) is 4.90 Å². The van der Waals surface area contributed by atoms with Crippen LogP contribution in [0.15, 0.2) is 0 Å². The van der Waals surface area contributed by atoms with Crippen LogP contribution in [-0.2, 0) is 0 Å². The van der Waals surface area contributed by atoms with Crippen LogP contribution in [0.3, 0.4) is 0 Å². The Morgan fingerprint density at radius 1 is 0.917 bits per heavy atom. The van der Waals surface area contributed by atoms with Crippen LogP contribution in [-0.4, -0.2) is 29.4 Å². The third kappa shape index (κ3) is 1.94. The van der Waals surface area contributed by atoms with Crippen molar-refractivity contribution < 1.29 is 0 Å². The highest BCUT2D eigenvalue weighted by Crippen LogP contribution is 2.27. The number of nitrogens with zero attached hydrogens (tertiary/aromatic N) is 1. The van der Waals surface area contributed by atoms with Crippen LogP contribution >= 0.6 is 11.6 Å². The van der Waals surface area contributed by atoms with E-state index in [1.165, 1.54) is 51.6 Å². The van der Waals surface area contributed by atoms with E-state index in [0.29, 0.717) is 5.38 Å². The summed E-state index contributed by atoms with van der Waals surface area (Å²) in [6, 6.07) is 0.911. The van der Waals surface area contributed by atoms with Gasteiger partial charge in [-0.2, -0.15) is 0 Å². The first-order chi connectivity index (χ1) is 5.86. The van der Waals surface area contributed by atoms with Gasteiger partial charge in [0.25, 0.3) is 0 Å². The van der Waals surface area contributed by atoms with Crippen LogP contribution in [0.1, 0.15) is 38.5 Å². The number of halogens is 1. The van der Waals surface area contributed by atoms with Crippen LogP contribution < -0.4 is 0 Å². The first kappa shape index (κ1) is 8.83. The third-order valence-corrected chi connectivity index (χ3v) is 3.74. The lowest BCUT2D eigenvalue weighted by Gasteiger charge is -2.33. The van der Waals surface area contributed by atoms with Gasteiger partial charge in [0.1, 0.15) is 0 Å². The number of rotatable bonds is 1. The molecule has 70 valence electrons. The summed E-state index contributed by atoms with van der Waals surface area (Å²) in [6.45, 7) is 2.50. The van der Waals surface area contributed by atoms with Crippen LogP contribution in [0.4, 0.5) is 0 Å². The van der Waals surface area contributed by atoms with Crippen molar-refractivity contribution in [2.24, 2.45) is 0 Å². The van der Waals surface area contributed by atoms with E-state index in [1.807, 2.05) is 0 Å². The van der Waals surface area contributed by atoms with Crippen LogP contribution in [0, 0.1) is 0 Å². The van der Waals surface area contributed by atoms with Gasteiger partial charge in [-0.1, -0.05) is 12.8 Å². The van der Waals surface area contributed by atoms with Gasteiger partial charge in [-0.05, 0) is 38.8 Å². The van der Waals surface area contributed by atoms with E-state index >= 15 is 0 Å². The normalized spacial score (nSPS) is 29.8. The SMILES string of the molecule is ClC1CCN(C2CCCC2)CC1. The number of hydrogen-bond donors (Lipinski definition) is 0. The molecule has 2 heteroatoms. The number of hydrogen-bond acceptors (Lipinski definition) is 1. The van der Waals surface area contributed by atoms with E-state index in [9.17, 15) is 0 Å². The zero-order valence-corrected chi connectivity index (χ0v) is 8.39. The van der Waals surface area contributed by atoms with Crippen molar-refractivity contribution in [1.82, 2.24) is 4.90 Å². The highest BCUT2D eigenvalue weighted by atomic mass is 35.5. The first-order valence-corrected chi connectivity index (χ1v) is 5.68. The Hall–Kier alpha value is 0.250. The summed E-state index contributed by atoms with van der Waals surface area (Å²) in [7, 11) is 0. The van der Waals surface area contributed by atoms with Gasteiger partial charge >= 0.3 is 0 Å². The van der Waals surface area contributed by atoms with Crippen molar-refractivity contribution in [3.8, 4) is 0 Å². The molecule has 0 N–H and O–H groups in total. The van der Waals surface area contributed by atoms with Crippen molar-refractivity contribution in [3.05, 3.63) is 0 Å². The summed E-state index contributed by atoms with van der Waals surface area (Å²) in [5.74, 6) is 0. The summed E-state index contributed by atoms with van der Waals surface area (Å²) in [4.78, 5) is 2.66. The predicted molar refractivity (Wildman–Crippen MR) is 52.7 cm³/mol. The fourth-order valence-electron chi connectivity index (χ4n) is 2.50. The smallest absolute Gasteiger partial charge is 0.0360 e.